The minimum absolute atomic E-state index is 0. The van der Waals surface area contributed by atoms with Crippen LogP contribution in [0.1, 0.15) is 32.0 Å². The number of ether oxygens (including phenoxy) is 2. The van der Waals surface area contributed by atoms with Crippen molar-refractivity contribution in [1.82, 2.24) is 9.38 Å². The first-order chi connectivity index (χ1) is 10.5. The molecule has 0 radical (unpaired) electrons. The number of fused-ring (bicyclic) bond motifs is 3. The summed E-state index contributed by atoms with van der Waals surface area (Å²) < 4.78 is 14.0. The molecule has 0 bridgehead atoms. The fraction of sp³-hybridized carbons (Fsp3) is 0.471. The summed E-state index contributed by atoms with van der Waals surface area (Å²) >= 11 is 1.73. The lowest BCUT2D eigenvalue weighted by Gasteiger charge is -2.13. The average Bonchev–Trinajstić information content (AvgIpc) is 3.00. The van der Waals surface area contributed by atoms with Crippen LogP contribution in [-0.2, 0) is 21.5 Å². The highest BCUT2D eigenvalue weighted by Gasteiger charge is 2.19. The molecule has 23 heavy (non-hydrogen) atoms. The molecule has 2 heterocycles. The lowest BCUT2D eigenvalue weighted by atomic mass is 9.93. The van der Waals surface area contributed by atoms with Crippen molar-refractivity contribution in [3.63, 3.8) is 0 Å². The summed E-state index contributed by atoms with van der Waals surface area (Å²) in [6, 6.07) is 6.47. The van der Waals surface area contributed by atoms with Gasteiger partial charge in [-0.15, -0.1) is 12.4 Å². The Hall–Kier alpha value is -1.14. The molecule has 1 aromatic carbocycles. The van der Waals surface area contributed by atoms with Crippen molar-refractivity contribution in [1.29, 1.82) is 0 Å². The van der Waals surface area contributed by atoms with Gasteiger partial charge in [0.2, 0.25) is 0 Å². The molecule has 0 saturated heterocycles. The highest BCUT2D eigenvalue weighted by atomic mass is 35.5. The molecular formula is C17H23ClN2O2S. The zero-order valence-corrected chi connectivity index (χ0v) is 15.6. The molecule has 6 heteroatoms. The molecule has 0 unspecified atom stereocenters. The van der Waals surface area contributed by atoms with Crippen LogP contribution >= 0.6 is 23.7 Å². The minimum Gasteiger partial charge on any atom is -0.382 e. The SMILES string of the molecule is COCCOCc1ccc2c(c1)sc1nc(C(C)(C)C)cn12.Cl. The molecule has 0 amide bonds. The number of thiazole rings is 1. The number of nitrogens with zero attached hydrogens (tertiary/aromatic N) is 2. The number of imidazole rings is 1. The van der Waals surface area contributed by atoms with Gasteiger partial charge in [-0.05, 0) is 17.7 Å². The van der Waals surface area contributed by atoms with Crippen molar-refractivity contribution in [2.45, 2.75) is 32.8 Å². The second kappa shape index (κ2) is 7.18. The maximum atomic E-state index is 5.59. The molecule has 0 aliphatic rings. The van der Waals surface area contributed by atoms with Crippen molar-refractivity contribution in [2.24, 2.45) is 0 Å². The van der Waals surface area contributed by atoms with Crippen LogP contribution in [-0.4, -0.2) is 29.7 Å². The predicted molar refractivity (Wildman–Crippen MR) is 98.1 cm³/mol. The predicted octanol–water partition coefficient (Wildman–Crippen LogP) is 4.43. The van der Waals surface area contributed by atoms with Gasteiger partial charge in [0.15, 0.2) is 4.96 Å². The molecule has 126 valence electrons. The number of rotatable bonds is 5. The van der Waals surface area contributed by atoms with Crippen molar-refractivity contribution in [2.75, 3.05) is 20.3 Å². The number of hydrogen-bond acceptors (Lipinski definition) is 4. The van der Waals surface area contributed by atoms with E-state index >= 15 is 0 Å². The summed E-state index contributed by atoms with van der Waals surface area (Å²) in [4.78, 5) is 5.82. The van der Waals surface area contributed by atoms with E-state index in [1.165, 1.54) is 15.8 Å². The maximum absolute atomic E-state index is 5.59. The standard InChI is InChI=1S/C17H22N2O2S.ClH/c1-17(2,3)15-10-19-13-6-5-12(11-21-8-7-20-4)9-14(13)22-16(19)18-15;/h5-6,9-10H,7-8,11H2,1-4H3;1H. The fourth-order valence-corrected chi connectivity index (χ4v) is 3.40. The molecule has 0 aliphatic carbocycles. The van der Waals surface area contributed by atoms with Gasteiger partial charge in [0.05, 0.1) is 35.7 Å². The molecule has 0 spiro atoms. The molecule has 0 fully saturated rings. The third-order valence-electron chi connectivity index (χ3n) is 3.63. The van der Waals surface area contributed by atoms with E-state index in [0.717, 1.165) is 10.7 Å². The highest BCUT2D eigenvalue weighted by molar-refractivity contribution is 7.23. The van der Waals surface area contributed by atoms with E-state index in [0.29, 0.717) is 19.8 Å². The third kappa shape index (κ3) is 3.86. The highest BCUT2D eigenvalue weighted by Crippen LogP contribution is 2.30. The Balaban J connectivity index is 0.00000192. The van der Waals surface area contributed by atoms with Crippen molar-refractivity contribution in [3.05, 3.63) is 35.7 Å². The first-order valence-electron chi connectivity index (χ1n) is 7.47. The monoisotopic (exact) mass is 354 g/mol. The van der Waals surface area contributed by atoms with Crippen LogP contribution in [0.2, 0.25) is 0 Å². The van der Waals surface area contributed by atoms with E-state index in [2.05, 4.69) is 49.6 Å². The molecule has 4 nitrogen and oxygen atoms in total. The van der Waals surface area contributed by atoms with Gasteiger partial charge in [-0.2, -0.15) is 0 Å². The van der Waals surface area contributed by atoms with Crippen LogP contribution in [0.4, 0.5) is 0 Å². The van der Waals surface area contributed by atoms with Crippen LogP contribution < -0.4 is 0 Å². The van der Waals surface area contributed by atoms with Crippen LogP contribution in [0, 0.1) is 0 Å². The van der Waals surface area contributed by atoms with E-state index in [9.17, 15) is 0 Å². The van der Waals surface area contributed by atoms with Crippen molar-refractivity contribution < 1.29 is 9.47 Å². The molecule has 3 aromatic rings. The van der Waals surface area contributed by atoms with Crippen LogP contribution in [0.15, 0.2) is 24.4 Å². The summed E-state index contributed by atoms with van der Waals surface area (Å²) in [7, 11) is 1.68. The summed E-state index contributed by atoms with van der Waals surface area (Å²) in [6.07, 6.45) is 2.16. The lowest BCUT2D eigenvalue weighted by Crippen LogP contribution is -2.11. The molecule has 3 rings (SSSR count). The lowest BCUT2D eigenvalue weighted by molar-refractivity contribution is 0.0617. The fourth-order valence-electron chi connectivity index (χ4n) is 2.33. The Bertz CT molecular complexity index is 789. The van der Waals surface area contributed by atoms with Crippen LogP contribution in [0.3, 0.4) is 0 Å². The van der Waals surface area contributed by atoms with Gasteiger partial charge in [-0.25, -0.2) is 4.98 Å². The second-order valence-electron chi connectivity index (χ2n) is 6.48. The molecule has 0 saturated carbocycles. The summed E-state index contributed by atoms with van der Waals surface area (Å²) in [6.45, 7) is 8.44. The first kappa shape index (κ1) is 18.2. The number of methoxy groups -OCH3 is 1. The van der Waals surface area contributed by atoms with Gasteiger partial charge in [-0.1, -0.05) is 38.2 Å². The molecule has 0 aliphatic heterocycles. The first-order valence-corrected chi connectivity index (χ1v) is 8.28. The van der Waals surface area contributed by atoms with E-state index < -0.39 is 0 Å². The van der Waals surface area contributed by atoms with E-state index in [4.69, 9.17) is 14.5 Å². The second-order valence-corrected chi connectivity index (χ2v) is 7.49. The zero-order chi connectivity index (χ0) is 15.7. The van der Waals surface area contributed by atoms with Gasteiger partial charge in [0.25, 0.3) is 0 Å². The molecule has 2 aromatic heterocycles. The quantitative estimate of drug-likeness (QED) is 0.636. The Labute approximate surface area is 146 Å². The van der Waals surface area contributed by atoms with E-state index in [-0.39, 0.29) is 17.8 Å². The van der Waals surface area contributed by atoms with Gasteiger partial charge >= 0.3 is 0 Å². The van der Waals surface area contributed by atoms with Gasteiger partial charge < -0.3 is 9.47 Å². The normalized spacial score (nSPS) is 12.0. The van der Waals surface area contributed by atoms with E-state index in [1.807, 2.05) is 0 Å². The maximum Gasteiger partial charge on any atom is 0.194 e. The van der Waals surface area contributed by atoms with Gasteiger partial charge in [-0.3, -0.25) is 4.40 Å². The largest absolute Gasteiger partial charge is 0.382 e. The minimum atomic E-state index is 0. The number of hydrogen-bond donors (Lipinski definition) is 0. The third-order valence-corrected chi connectivity index (χ3v) is 4.64. The van der Waals surface area contributed by atoms with Crippen molar-refractivity contribution in [3.8, 4) is 0 Å². The Morgan fingerprint density at radius 2 is 2.00 bits per heavy atom. The van der Waals surface area contributed by atoms with Gasteiger partial charge in [0, 0.05) is 18.7 Å². The average molecular weight is 355 g/mol. The molecule has 0 atom stereocenters. The summed E-state index contributed by atoms with van der Waals surface area (Å²) in [5.74, 6) is 0. The Morgan fingerprint density at radius 1 is 1.22 bits per heavy atom. The molecule has 0 N–H and O–H groups in total. The zero-order valence-electron chi connectivity index (χ0n) is 14.0. The van der Waals surface area contributed by atoms with E-state index in [1.54, 1.807) is 18.4 Å². The van der Waals surface area contributed by atoms with Crippen molar-refractivity contribution >= 4 is 38.9 Å². The van der Waals surface area contributed by atoms with Gasteiger partial charge in [0.1, 0.15) is 0 Å². The number of benzene rings is 1. The number of halogens is 1. The topological polar surface area (TPSA) is 35.8 Å². The smallest absolute Gasteiger partial charge is 0.194 e. The van der Waals surface area contributed by atoms with Crippen LogP contribution in [0.25, 0.3) is 15.2 Å². The van der Waals surface area contributed by atoms with Crippen LogP contribution in [0.5, 0.6) is 0 Å². The summed E-state index contributed by atoms with van der Waals surface area (Å²) in [5, 5.41) is 0. The number of aromatic nitrogens is 2. The Kier molecular flexibility index (Phi) is 5.68. The Morgan fingerprint density at radius 3 is 2.70 bits per heavy atom. The molecular weight excluding hydrogens is 332 g/mol. The summed E-state index contributed by atoms with van der Waals surface area (Å²) in [5.41, 5.74) is 3.60.